The second-order valence-electron chi connectivity index (χ2n) is 8.64. The Bertz CT molecular complexity index is 1210. The molecule has 0 fully saturated rings. The molecule has 2 radical (unpaired) electrons. The lowest BCUT2D eigenvalue weighted by atomic mass is 9.86. The highest BCUT2D eigenvalue weighted by Crippen LogP contribution is 2.37. The Balaban J connectivity index is 2.20. The molecule has 4 heteroatoms. The fraction of sp³-hybridized carbons (Fsp3) is 0.240. The van der Waals surface area contributed by atoms with E-state index in [4.69, 9.17) is 12.8 Å². The standard InChI is InChI=1S/C25H24BBrN2/c1-15-9-6-10-16(2)21(15)24-28-23-17(25(3,4)5)11-7-14-20(23)29(24)19-13-8-12-18(26)22(19)27/h6-14H,1-5H3. The molecule has 0 saturated heterocycles. The van der Waals surface area contributed by atoms with E-state index >= 15 is 0 Å². The van der Waals surface area contributed by atoms with Crippen LogP contribution in [-0.2, 0) is 5.41 Å². The Kier molecular flexibility index (Phi) is 4.94. The Morgan fingerprint density at radius 3 is 2.17 bits per heavy atom. The Labute approximate surface area is 182 Å². The molecule has 0 amide bonds. The second kappa shape index (κ2) is 7.18. The van der Waals surface area contributed by atoms with Gasteiger partial charge in [0, 0.05) is 10.0 Å². The number of hydrogen-bond donors (Lipinski definition) is 0. The van der Waals surface area contributed by atoms with Crippen LogP contribution in [0.5, 0.6) is 0 Å². The zero-order valence-electron chi connectivity index (χ0n) is 17.5. The van der Waals surface area contributed by atoms with Crippen LogP contribution in [0.15, 0.2) is 59.1 Å². The van der Waals surface area contributed by atoms with Crippen molar-refractivity contribution in [1.29, 1.82) is 0 Å². The van der Waals surface area contributed by atoms with Gasteiger partial charge in [0.15, 0.2) is 0 Å². The molecular formula is C25H24BBrN2. The summed E-state index contributed by atoms with van der Waals surface area (Å²) in [7, 11) is 6.24. The molecule has 0 N–H and O–H groups in total. The zero-order valence-corrected chi connectivity index (χ0v) is 19.1. The molecule has 0 bridgehead atoms. The number of aryl methyl sites for hydroxylation is 2. The van der Waals surface area contributed by atoms with Crippen molar-refractivity contribution in [2.75, 3.05) is 0 Å². The number of benzene rings is 3. The lowest BCUT2D eigenvalue weighted by Gasteiger charge is -2.19. The SMILES string of the molecule is [B]c1cccc(-n2c(-c3c(C)cccc3C)nc3c(C(C)(C)C)cccc32)c1Br. The third kappa shape index (κ3) is 3.34. The minimum atomic E-state index is -0.0102. The third-order valence-electron chi connectivity index (χ3n) is 5.45. The predicted octanol–water partition coefficient (Wildman–Crippen LogP) is 6.16. The first kappa shape index (κ1) is 20.0. The number of imidazole rings is 1. The number of rotatable bonds is 2. The van der Waals surface area contributed by atoms with E-state index in [-0.39, 0.29) is 5.41 Å². The average molecular weight is 443 g/mol. The van der Waals surface area contributed by atoms with Crippen molar-refractivity contribution >= 4 is 40.3 Å². The van der Waals surface area contributed by atoms with Crippen LogP contribution < -0.4 is 5.46 Å². The summed E-state index contributed by atoms with van der Waals surface area (Å²) in [6.45, 7) is 11.0. The van der Waals surface area contributed by atoms with Gasteiger partial charge in [-0.15, -0.1) is 0 Å². The molecule has 4 aromatic rings. The number of nitrogens with zero attached hydrogens (tertiary/aromatic N) is 2. The molecule has 0 atom stereocenters. The second-order valence-corrected chi connectivity index (χ2v) is 9.43. The van der Waals surface area contributed by atoms with Crippen LogP contribution in [0.3, 0.4) is 0 Å². The molecule has 2 nitrogen and oxygen atoms in total. The zero-order chi connectivity index (χ0) is 20.9. The maximum Gasteiger partial charge on any atom is 0.146 e. The third-order valence-corrected chi connectivity index (χ3v) is 6.31. The van der Waals surface area contributed by atoms with Gasteiger partial charge in [0.25, 0.3) is 0 Å². The van der Waals surface area contributed by atoms with E-state index in [1.165, 1.54) is 16.7 Å². The van der Waals surface area contributed by atoms with E-state index in [0.717, 1.165) is 32.6 Å². The van der Waals surface area contributed by atoms with Gasteiger partial charge in [-0.25, -0.2) is 4.98 Å². The summed E-state index contributed by atoms with van der Waals surface area (Å²) in [6.07, 6.45) is 0. The van der Waals surface area contributed by atoms with E-state index in [0.29, 0.717) is 5.46 Å². The summed E-state index contributed by atoms with van der Waals surface area (Å²) in [4.78, 5) is 5.22. The van der Waals surface area contributed by atoms with Crippen molar-refractivity contribution in [2.24, 2.45) is 0 Å². The molecule has 29 heavy (non-hydrogen) atoms. The minimum absolute atomic E-state index is 0.0102. The van der Waals surface area contributed by atoms with Crippen LogP contribution >= 0.6 is 15.9 Å². The first-order valence-electron chi connectivity index (χ1n) is 9.83. The van der Waals surface area contributed by atoms with Gasteiger partial charge in [0.05, 0.1) is 16.7 Å². The number of para-hydroxylation sites is 1. The normalized spacial score (nSPS) is 11.9. The van der Waals surface area contributed by atoms with Crippen molar-refractivity contribution in [3.63, 3.8) is 0 Å². The summed E-state index contributed by atoms with van der Waals surface area (Å²) >= 11 is 3.72. The quantitative estimate of drug-likeness (QED) is 0.339. The van der Waals surface area contributed by atoms with Gasteiger partial charge in [0.1, 0.15) is 13.7 Å². The van der Waals surface area contributed by atoms with Crippen molar-refractivity contribution in [3.8, 4) is 17.1 Å². The molecule has 0 aliphatic rings. The van der Waals surface area contributed by atoms with Crippen LogP contribution in [-0.4, -0.2) is 17.4 Å². The highest BCUT2D eigenvalue weighted by atomic mass is 79.9. The van der Waals surface area contributed by atoms with E-state index < -0.39 is 0 Å². The topological polar surface area (TPSA) is 17.8 Å². The van der Waals surface area contributed by atoms with Crippen molar-refractivity contribution in [3.05, 3.63) is 75.8 Å². The molecule has 0 saturated carbocycles. The predicted molar refractivity (Wildman–Crippen MR) is 128 cm³/mol. The van der Waals surface area contributed by atoms with Gasteiger partial charge in [-0.3, -0.25) is 4.57 Å². The Morgan fingerprint density at radius 1 is 0.897 bits per heavy atom. The highest BCUT2D eigenvalue weighted by molar-refractivity contribution is 9.10. The van der Waals surface area contributed by atoms with Crippen molar-refractivity contribution in [1.82, 2.24) is 9.55 Å². The summed E-state index contributed by atoms with van der Waals surface area (Å²) < 4.78 is 3.12. The summed E-state index contributed by atoms with van der Waals surface area (Å²) in [6, 6.07) is 18.8. The summed E-state index contributed by atoms with van der Waals surface area (Å²) in [5, 5.41) is 0. The van der Waals surface area contributed by atoms with E-state index in [2.05, 4.69) is 97.6 Å². The number of halogens is 1. The lowest BCUT2D eigenvalue weighted by Crippen LogP contribution is -2.12. The first-order chi connectivity index (χ1) is 13.7. The van der Waals surface area contributed by atoms with Gasteiger partial charge >= 0.3 is 0 Å². The maximum absolute atomic E-state index is 6.24. The van der Waals surface area contributed by atoms with Gasteiger partial charge in [0.2, 0.25) is 0 Å². The van der Waals surface area contributed by atoms with Crippen molar-refractivity contribution in [2.45, 2.75) is 40.0 Å². The molecule has 4 rings (SSSR count). The fourth-order valence-electron chi connectivity index (χ4n) is 3.99. The monoisotopic (exact) mass is 442 g/mol. The van der Waals surface area contributed by atoms with Gasteiger partial charge in [-0.05, 0) is 64.0 Å². The lowest BCUT2D eigenvalue weighted by molar-refractivity contribution is 0.595. The van der Waals surface area contributed by atoms with E-state index in [1.54, 1.807) is 0 Å². The molecule has 1 heterocycles. The molecule has 0 spiro atoms. The highest BCUT2D eigenvalue weighted by Gasteiger charge is 2.24. The molecule has 0 aliphatic carbocycles. The smallest absolute Gasteiger partial charge is 0.146 e. The average Bonchev–Trinajstić information content (AvgIpc) is 3.02. The van der Waals surface area contributed by atoms with Crippen LogP contribution in [0.25, 0.3) is 28.1 Å². The van der Waals surface area contributed by atoms with Crippen LogP contribution in [0, 0.1) is 13.8 Å². The molecular weight excluding hydrogens is 419 g/mol. The number of fused-ring (bicyclic) bond motifs is 1. The molecule has 0 unspecified atom stereocenters. The first-order valence-corrected chi connectivity index (χ1v) is 10.6. The molecule has 144 valence electrons. The molecule has 1 aromatic heterocycles. The van der Waals surface area contributed by atoms with Crippen molar-refractivity contribution < 1.29 is 0 Å². The largest absolute Gasteiger partial charge is 0.291 e. The van der Waals surface area contributed by atoms with Gasteiger partial charge < -0.3 is 0 Å². The Morgan fingerprint density at radius 2 is 1.52 bits per heavy atom. The number of aromatic nitrogens is 2. The minimum Gasteiger partial charge on any atom is -0.291 e. The van der Waals surface area contributed by atoms with Crippen LogP contribution in [0.1, 0.15) is 37.5 Å². The fourth-order valence-corrected chi connectivity index (χ4v) is 4.43. The summed E-state index contributed by atoms with van der Waals surface area (Å²) in [5.74, 6) is 0.943. The Hall–Kier alpha value is -2.33. The van der Waals surface area contributed by atoms with Crippen LogP contribution in [0.4, 0.5) is 0 Å². The van der Waals surface area contributed by atoms with E-state index in [9.17, 15) is 0 Å². The maximum atomic E-state index is 6.24. The molecule has 0 aliphatic heterocycles. The van der Waals surface area contributed by atoms with Gasteiger partial charge in [-0.2, -0.15) is 0 Å². The van der Waals surface area contributed by atoms with Gasteiger partial charge in [-0.1, -0.05) is 68.7 Å². The summed E-state index contributed by atoms with van der Waals surface area (Å²) in [5.41, 5.74) is 8.63. The molecule has 3 aromatic carbocycles. The van der Waals surface area contributed by atoms with Crippen LogP contribution in [0.2, 0.25) is 0 Å². The number of hydrogen-bond acceptors (Lipinski definition) is 1. The van der Waals surface area contributed by atoms with E-state index in [1.807, 2.05) is 12.1 Å².